The lowest BCUT2D eigenvalue weighted by molar-refractivity contribution is 0.0596. The number of rotatable bonds is 4. The zero-order chi connectivity index (χ0) is 12.8. The molecule has 0 radical (unpaired) electrons. The predicted octanol–water partition coefficient (Wildman–Crippen LogP) is 3.16. The summed E-state index contributed by atoms with van der Waals surface area (Å²) in [5.74, 6) is 0.476. The standard InChI is InChI=1S/C14H13NO2S/c1-17-14(16)12-7-8-15-9-13(12)18-10-11-5-3-2-4-6-11/h2-9H,10H2,1H3. The van der Waals surface area contributed by atoms with Crippen LogP contribution in [-0.2, 0) is 10.5 Å². The third-order valence-corrected chi connectivity index (χ3v) is 3.54. The van der Waals surface area contributed by atoms with E-state index in [-0.39, 0.29) is 5.97 Å². The van der Waals surface area contributed by atoms with Crippen molar-refractivity contribution >= 4 is 17.7 Å². The van der Waals surface area contributed by atoms with Crippen LogP contribution in [-0.4, -0.2) is 18.1 Å². The number of hydrogen-bond acceptors (Lipinski definition) is 4. The first kappa shape index (κ1) is 12.6. The van der Waals surface area contributed by atoms with Crippen LogP contribution in [0, 0.1) is 0 Å². The third-order valence-electron chi connectivity index (χ3n) is 2.43. The molecule has 1 heterocycles. The van der Waals surface area contributed by atoms with Crippen molar-refractivity contribution in [2.45, 2.75) is 10.6 Å². The zero-order valence-electron chi connectivity index (χ0n) is 10.00. The van der Waals surface area contributed by atoms with Crippen molar-refractivity contribution in [2.24, 2.45) is 0 Å². The number of carbonyl (C=O) groups is 1. The summed E-state index contributed by atoms with van der Waals surface area (Å²) in [4.78, 5) is 16.5. The second-order valence-corrected chi connectivity index (χ2v) is 4.65. The Balaban J connectivity index is 2.12. The summed E-state index contributed by atoms with van der Waals surface area (Å²) in [7, 11) is 1.38. The molecular formula is C14H13NO2S. The number of ether oxygens (including phenoxy) is 1. The fourth-order valence-corrected chi connectivity index (χ4v) is 2.47. The molecule has 0 saturated heterocycles. The van der Waals surface area contributed by atoms with Gasteiger partial charge in [0.15, 0.2) is 0 Å². The number of thioether (sulfide) groups is 1. The fourth-order valence-electron chi connectivity index (χ4n) is 1.51. The largest absolute Gasteiger partial charge is 0.465 e. The van der Waals surface area contributed by atoms with Gasteiger partial charge in [-0.05, 0) is 11.6 Å². The Hall–Kier alpha value is -1.81. The highest BCUT2D eigenvalue weighted by molar-refractivity contribution is 7.98. The van der Waals surface area contributed by atoms with Crippen molar-refractivity contribution in [3.8, 4) is 0 Å². The quantitative estimate of drug-likeness (QED) is 0.624. The number of nitrogens with zero attached hydrogens (tertiary/aromatic N) is 1. The van der Waals surface area contributed by atoms with Crippen LogP contribution in [0.1, 0.15) is 15.9 Å². The molecule has 0 amide bonds. The molecule has 0 aliphatic rings. The van der Waals surface area contributed by atoms with E-state index < -0.39 is 0 Å². The molecule has 1 aromatic heterocycles. The first-order chi connectivity index (χ1) is 8.81. The van der Waals surface area contributed by atoms with Gasteiger partial charge in [-0.1, -0.05) is 30.3 Å². The number of carbonyl (C=O) groups excluding carboxylic acids is 1. The van der Waals surface area contributed by atoms with Crippen LogP contribution in [0.3, 0.4) is 0 Å². The van der Waals surface area contributed by atoms with Crippen molar-refractivity contribution in [3.63, 3.8) is 0 Å². The number of hydrogen-bond donors (Lipinski definition) is 0. The summed E-state index contributed by atoms with van der Waals surface area (Å²) in [6, 6.07) is 11.8. The van der Waals surface area contributed by atoms with Crippen LogP contribution in [0.25, 0.3) is 0 Å². The Morgan fingerprint density at radius 1 is 1.28 bits per heavy atom. The minimum Gasteiger partial charge on any atom is -0.465 e. The number of pyridine rings is 1. The van der Waals surface area contributed by atoms with Gasteiger partial charge in [-0.25, -0.2) is 4.79 Å². The molecular weight excluding hydrogens is 246 g/mol. The molecule has 92 valence electrons. The predicted molar refractivity (Wildman–Crippen MR) is 71.6 cm³/mol. The average Bonchev–Trinajstić information content (AvgIpc) is 2.45. The SMILES string of the molecule is COC(=O)c1ccncc1SCc1ccccc1. The molecule has 4 heteroatoms. The highest BCUT2D eigenvalue weighted by atomic mass is 32.2. The highest BCUT2D eigenvalue weighted by Gasteiger charge is 2.11. The molecule has 0 aliphatic carbocycles. The maximum atomic E-state index is 11.6. The van der Waals surface area contributed by atoms with Crippen LogP contribution in [0.4, 0.5) is 0 Å². The Morgan fingerprint density at radius 2 is 2.06 bits per heavy atom. The minimum atomic E-state index is -0.326. The lowest BCUT2D eigenvalue weighted by Gasteiger charge is -2.06. The van der Waals surface area contributed by atoms with Gasteiger partial charge in [0.2, 0.25) is 0 Å². The molecule has 18 heavy (non-hydrogen) atoms. The van der Waals surface area contributed by atoms with Crippen molar-refractivity contribution in [3.05, 3.63) is 59.9 Å². The maximum absolute atomic E-state index is 11.6. The first-order valence-electron chi connectivity index (χ1n) is 5.50. The molecule has 2 rings (SSSR count). The molecule has 0 unspecified atom stereocenters. The summed E-state index contributed by atoms with van der Waals surface area (Å²) in [5.41, 5.74) is 1.77. The first-order valence-corrected chi connectivity index (χ1v) is 6.49. The maximum Gasteiger partial charge on any atom is 0.339 e. The third kappa shape index (κ3) is 3.11. The van der Waals surface area contributed by atoms with Gasteiger partial charge in [-0.2, -0.15) is 0 Å². The number of methoxy groups -OCH3 is 1. The van der Waals surface area contributed by atoms with E-state index in [0.29, 0.717) is 5.56 Å². The topological polar surface area (TPSA) is 39.2 Å². The lowest BCUT2D eigenvalue weighted by atomic mass is 10.2. The summed E-state index contributed by atoms with van der Waals surface area (Å²) in [5, 5.41) is 0. The van der Waals surface area contributed by atoms with E-state index in [0.717, 1.165) is 10.6 Å². The van der Waals surface area contributed by atoms with Crippen LogP contribution < -0.4 is 0 Å². The summed E-state index contributed by atoms with van der Waals surface area (Å²) >= 11 is 1.58. The van der Waals surface area contributed by atoms with Crippen LogP contribution in [0.2, 0.25) is 0 Å². The second-order valence-electron chi connectivity index (χ2n) is 3.64. The van der Waals surface area contributed by atoms with Crippen LogP contribution >= 0.6 is 11.8 Å². The van der Waals surface area contributed by atoms with E-state index in [1.54, 1.807) is 30.2 Å². The van der Waals surface area contributed by atoms with E-state index in [4.69, 9.17) is 4.74 Å². The van der Waals surface area contributed by atoms with E-state index in [1.165, 1.54) is 12.7 Å². The van der Waals surface area contributed by atoms with E-state index in [9.17, 15) is 4.79 Å². The van der Waals surface area contributed by atoms with Gasteiger partial charge in [-0.15, -0.1) is 11.8 Å². The van der Waals surface area contributed by atoms with Crippen LogP contribution in [0.5, 0.6) is 0 Å². The Kier molecular flexibility index (Phi) is 4.36. The highest BCUT2D eigenvalue weighted by Crippen LogP contribution is 2.25. The molecule has 0 fully saturated rings. The Bertz CT molecular complexity index is 528. The molecule has 0 aliphatic heterocycles. The van der Waals surface area contributed by atoms with Crippen LogP contribution in [0.15, 0.2) is 53.7 Å². The van der Waals surface area contributed by atoms with Gasteiger partial charge in [0, 0.05) is 23.0 Å². The monoisotopic (exact) mass is 259 g/mol. The Morgan fingerprint density at radius 3 is 2.78 bits per heavy atom. The summed E-state index contributed by atoms with van der Waals surface area (Å²) in [6.45, 7) is 0. The molecule has 1 aromatic carbocycles. The molecule has 0 saturated carbocycles. The molecule has 3 nitrogen and oxygen atoms in total. The van der Waals surface area contributed by atoms with Gasteiger partial charge >= 0.3 is 5.97 Å². The van der Waals surface area contributed by atoms with E-state index >= 15 is 0 Å². The summed E-state index contributed by atoms with van der Waals surface area (Å²) < 4.78 is 4.75. The minimum absolute atomic E-state index is 0.326. The van der Waals surface area contributed by atoms with Gasteiger partial charge < -0.3 is 4.74 Å². The van der Waals surface area contributed by atoms with Gasteiger partial charge in [-0.3, -0.25) is 4.98 Å². The van der Waals surface area contributed by atoms with E-state index in [2.05, 4.69) is 17.1 Å². The molecule has 2 aromatic rings. The number of benzene rings is 1. The normalized spacial score (nSPS) is 10.1. The van der Waals surface area contributed by atoms with Crippen molar-refractivity contribution in [2.75, 3.05) is 7.11 Å². The second kappa shape index (κ2) is 6.21. The average molecular weight is 259 g/mol. The number of esters is 1. The smallest absolute Gasteiger partial charge is 0.339 e. The van der Waals surface area contributed by atoms with Crippen molar-refractivity contribution < 1.29 is 9.53 Å². The molecule has 0 bridgehead atoms. The van der Waals surface area contributed by atoms with Crippen molar-refractivity contribution in [1.29, 1.82) is 0 Å². The van der Waals surface area contributed by atoms with Gasteiger partial charge in [0.25, 0.3) is 0 Å². The zero-order valence-corrected chi connectivity index (χ0v) is 10.8. The van der Waals surface area contributed by atoms with E-state index in [1.807, 2.05) is 18.2 Å². The fraction of sp³-hybridized carbons (Fsp3) is 0.143. The van der Waals surface area contributed by atoms with Gasteiger partial charge in [0.05, 0.1) is 12.7 Å². The molecule has 0 N–H and O–H groups in total. The lowest BCUT2D eigenvalue weighted by Crippen LogP contribution is -2.03. The number of aromatic nitrogens is 1. The van der Waals surface area contributed by atoms with Crippen molar-refractivity contribution in [1.82, 2.24) is 4.98 Å². The summed E-state index contributed by atoms with van der Waals surface area (Å²) in [6.07, 6.45) is 3.29. The molecule has 0 atom stereocenters. The molecule has 0 spiro atoms. The Labute approximate surface area is 110 Å². The van der Waals surface area contributed by atoms with Gasteiger partial charge in [0.1, 0.15) is 0 Å².